The molecule has 1 aromatic rings. The first kappa shape index (κ1) is 13.4. The molecular weight excluding hydrogens is 250 g/mol. The molecule has 1 aliphatic heterocycles. The molecule has 2 atom stereocenters. The standard InChI is InChI=1S/C13H15NO5/c15-9(13(17)18)5-6-14-12(16)11-7-8-3-1-2-4-10(8)19-11/h1-4,9,11,15H,5-7H2,(H,14,16)(H,17,18). The zero-order valence-corrected chi connectivity index (χ0v) is 10.2. The van der Waals surface area contributed by atoms with E-state index in [4.69, 9.17) is 14.9 Å². The number of fused-ring (bicyclic) bond motifs is 1. The molecule has 2 rings (SSSR count). The molecule has 0 fully saturated rings. The lowest BCUT2D eigenvalue weighted by molar-refractivity contribution is -0.147. The molecular formula is C13H15NO5. The lowest BCUT2D eigenvalue weighted by atomic mass is 10.1. The Bertz CT molecular complexity index is 463. The molecule has 1 aliphatic rings. The lowest BCUT2D eigenvalue weighted by Crippen LogP contribution is -2.39. The number of aliphatic hydroxyl groups excluding tert-OH is 1. The highest BCUT2D eigenvalue weighted by atomic mass is 16.5. The van der Waals surface area contributed by atoms with Gasteiger partial charge in [-0.25, -0.2) is 4.79 Å². The van der Waals surface area contributed by atoms with E-state index in [2.05, 4.69) is 5.32 Å². The van der Waals surface area contributed by atoms with Crippen LogP contribution in [0.4, 0.5) is 0 Å². The number of hydrogen-bond donors (Lipinski definition) is 3. The summed E-state index contributed by atoms with van der Waals surface area (Å²) in [5.41, 5.74) is 0.980. The third-order valence-corrected chi connectivity index (χ3v) is 2.94. The van der Waals surface area contributed by atoms with Crippen LogP contribution in [0.5, 0.6) is 5.75 Å². The fourth-order valence-corrected chi connectivity index (χ4v) is 1.90. The Morgan fingerprint density at radius 1 is 1.42 bits per heavy atom. The number of para-hydroxylation sites is 1. The van der Waals surface area contributed by atoms with Gasteiger partial charge in [0.15, 0.2) is 12.2 Å². The number of carbonyl (C=O) groups is 2. The van der Waals surface area contributed by atoms with Crippen LogP contribution in [0.3, 0.4) is 0 Å². The second-order valence-electron chi connectivity index (χ2n) is 4.35. The zero-order valence-electron chi connectivity index (χ0n) is 10.2. The number of carbonyl (C=O) groups excluding carboxylic acids is 1. The fraction of sp³-hybridized carbons (Fsp3) is 0.385. The number of benzene rings is 1. The second kappa shape index (κ2) is 5.71. The summed E-state index contributed by atoms with van der Waals surface area (Å²) in [4.78, 5) is 22.2. The van der Waals surface area contributed by atoms with E-state index in [1.807, 2.05) is 18.2 Å². The maximum Gasteiger partial charge on any atom is 0.332 e. The number of amides is 1. The highest BCUT2D eigenvalue weighted by Gasteiger charge is 2.28. The van der Waals surface area contributed by atoms with E-state index in [-0.39, 0.29) is 18.9 Å². The Labute approximate surface area is 110 Å². The molecule has 102 valence electrons. The normalized spacial score (nSPS) is 18.3. The molecule has 19 heavy (non-hydrogen) atoms. The predicted octanol–water partition coefficient (Wildman–Crippen LogP) is -0.0581. The summed E-state index contributed by atoms with van der Waals surface area (Å²) in [5, 5.41) is 20.1. The van der Waals surface area contributed by atoms with Crippen LogP contribution in [0.2, 0.25) is 0 Å². The van der Waals surface area contributed by atoms with Crippen molar-refractivity contribution in [3.05, 3.63) is 29.8 Å². The number of aliphatic hydroxyl groups is 1. The molecule has 2 unspecified atom stereocenters. The molecule has 0 aliphatic carbocycles. The quantitative estimate of drug-likeness (QED) is 0.693. The van der Waals surface area contributed by atoms with Gasteiger partial charge in [0.05, 0.1) is 0 Å². The third-order valence-electron chi connectivity index (χ3n) is 2.94. The highest BCUT2D eigenvalue weighted by Crippen LogP contribution is 2.27. The van der Waals surface area contributed by atoms with Crippen molar-refractivity contribution >= 4 is 11.9 Å². The highest BCUT2D eigenvalue weighted by molar-refractivity contribution is 5.82. The van der Waals surface area contributed by atoms with Gasteiger partial charge in [0.2, 0.25) is 0 Å². The molecule has 6 nitrogen and oxygen atoms in total. The van der Waals surface area contributed by atoms with Crippen molar-refractivity contribution < 1.29 is 24.5 Å². The van der Waals surface area contributed by atoms with Gasteiger partial charge in [0, 0.05) is 19.4 Å². The van der Waals surface area contributed by atoms with E-state index in [0.717, 1.165) is 5.56 Å². The number of carboxylic acid groups (broad SMARTS) is 1. The fourth-order valence-electron chi connectivity index (χ4n) is 1.90. The number of rotatable bonds is 5. The summed E-state index contributed by atoms with van der Waals surface area (Å²) >= 11 is 0. The van der Waals surface area contributed by atoms with Crippen molar-refractivity contribution in [1.82, 2.24) is 5.32 Å². The first-order valence-electron chi connectivity index (χ1n) is 6.01. The molecule has 0 saturated carbocycles. The second-order valence-corrected chi connectivity index (χ2v) is 4.35. The average Bonchev–Trinajstić information content (AvgIpc) is 2.82. The van der Waals surface area contributed by atoms with E-state index < -0.39 is 18.2 Å². The summed E-state index contributed by atoms with van der Waals surface area (Å²) in [6.07, 6.45) is -1.56. The lowest BCUT2D eigenvalue weighted by Gasteiger charge is -2.12. The monoisotopic (exact) mass is 265 g/mol. The number of ether oxygens (including phenoxy) is 1. The summed E-state index contributed by atoms with van der Waals surface area (Å²) in [6, 6.07) is 7.42. The van der Waals surface area contributed by atoms with E-state index in [0.29, 0.717) is 12.2 Å². The first-order chi connectivity index (χ1) is 9.08. The Hall–Kier alpha value is -2.08. The predicted molar refractivity (Wildman–Crippen MR) is 65.8 cm³/mol. The Morgan fingerprint density at radius 2 is 2.16 bits per heavy atom. The van der Waals surface area contributed by atoms with E-state index in [1.165, 1.54) is 0 Å². The minimum atomic E-state index is -1.46. The molecule has 1 heterocycles. The minimum Gasteiger partial charge on any atom is -0.480 e. The van der Waals surface area contributed by atoms with Crippen molar-refractivity contribution in [3.63, 3.8) is 0 Å². The van der Waals surface area contributed by atoms with E-state index in [9.17, 15) is 9.59 Å². The van der Waals surface area contributed by atoms with Crippen LogP contribution < -0.4 is 10.1 Å². The van der Waals surface area contributed by atoms with Crippen LogP contribution in [-0.2, 0) is 16.0 Å². The van der Waals surface area contributed by atoms with Crippen LogP contribution in [0.25, 0.3) is 0 Å². The van der Waals surface area contributed by atoms with Gasteiger partial charge in [-0.3, -0.25) is 4.79 Å². The van der Waals surface area contributed by atoms with E-state index >= 15 is 0 Å². The molecule has 0 bridgehead atoms. The van der Waals surface area contributed by atoms with Crippen LogP contribution in [0.15, 0.2) is 24.3 Å². The summed E-state index contributed by atoms with van der Waals surface area (Å²) in [5.74, 6) is -0.888. The summed E-state index contributed by atoms with van der Waals surface area (Å²) < 4.78 is 5.48. The van der Waals surface area contributed by atoms with Crippen LogP contribution in [0.1, 0.15) is 12.0 Å². The first-order valence-corrected chi connectivity index (χ1v) is 6.01. The summed E-state index contributed by atoms with van der Waals surface area (Å²) in [6.45, 7) is 0.0997. The van der Waals surface area contributed by atoms with Crippen molar-refractivity contribution in [2.45, 2.75) is 25.0 Å². The largest absolute Gasteiger partial charge is 0.480 e. The Morgan fingerprint density at radius 3 is 2.84 bits per heavy atom. The van der Waals surface area contributed by atoms with Gasteiger partial charge in [-0.1, -0.05) is 18.2 Å². The van der Waals surface area contributed by atoms with Gasteiger partial charge in [-0.05, 0) is 11.6 Å². The maximum absolute atomic E-state index is 11.8. The van der Waals surface area contributed by atoms with Gasteiger partial charge < -0.3 is 20.3 Å². The molecule has 0 saturated heterocycles. The molecule has 1 amide bonds. The van der Waals surface area contributed by atoms with Gasteiger partial charge in [0.25, 0.3) is 5.91 Å². The van der Waals surface area contributed by atoms with Gasteiger partial charge >= 0.3 is 5.97 Å². The third kappa shape index (κ3) is 3.23. The van der Waals surface area contributed by atoms with Crippen LogP contribution >= 0.6 is 0 Å². The van der Waals surface area contributed by atoms with Crippen molar-refractivity contribution in [2.24, 2.45) is 0 Å². The van der Waals surface area contributed by atoms with Gasteiger partial charge in [-0.15, -0.1) is 0 Å². The summed E-state index contributed by atoms with van der Waals surface area (Å²) in [7, 11) is 0. The molecule has 0 spiro atoms. The SMILES string of the molecule is O=C(O)C(O)CCNC(=O)C1Cc2ccccc2O1. The molecule has 6 heteroatoms. The Balaban J connectivity index is 1.79. The van der Waals surface area contributed by atoms with Crippen molar-refractivity contribution in [2.75, 3.05) is 6.54 Å². The number of nitrogens with one attached hydrogen (secondary N) is 1. The van der Waals surface area contributed by atoms with Crippen LogP contribution in [0, 0.1) is 0 Å². The van der Waals surface area contributed by atoms with E-state index in [1.54, 1.807) is 6.07 Å². The van der Waals surface area contributed by atoms with Crippen LogP contribution in [-0.4, -0.2) is 40.8 Å². The smallest absolute Gasteiger partial charge is 0.332 e. The number of aliphatic carboxylic acids is 1. The maximum atomic E-state index is 11.8. The topological polar surface area (TPSA) is 95.9 Å². The van der Waals surface area contributed by atoms with Crippen molar-refractivity contribution in [3.8, 4) is 5.75 Å². The molecule has 3 N–H and O–H groups in total. The average molecular weight is 265 g/mol. The number of hydrogen-bond acceptors (Lipinski definition) is 4. The zero-order chi connectivity index (χ0) is 13.8. The van der Waals surface area contributed by atoms with Gasteiger partial charge in [-0.2, -0.15) is 0 Å². The minimum absolute atomic E-state index is 0.0270. The molecule has 0 aromatic heterocycles. The number of carboxylic acids is 1. The van der Waals surface area contributed by atoms with Crippen molar-refractivity contribution in [1.29, 1.82) is 0 Å². The molecule has 1 aromatic carbocycles. The molecule has 0 radical (unpaired) electrons. The Kier molecular flexibility index (Phi) is 4.01. The van der Waals surface area contributed by atoms with Gasteiger partial charge in [0.1, 0.15) is 5.75 Å².